The first-order valence-electron chi connectivity index (χ1n) is 4.37. The van der Waals surface area contributed by atoms with Crippen molar-refractivity contribution in [1.82, 2.24) is 14.5 Å². The van der Waals surface area contributed by atoms with Crippen LogP contribution in [0.25, 0.3) is 5.82 Å². The van der Waals surface area contributed by atoms with E-state index >= 15 is 0 Å². The molecule has 2 heterocycles. The minimum atomic E-state index is -0.378. The number of aromatic nitrogens is 4. The summed E-state index contributed by atoms with van der Waals surface area (Å²) < 4.78 is 3.44. The predicted octanol–water partition coefficient (Wildman–Crippen LogP) is -0.960. The van der Waals surface area contributed by atoms with Gasteiger partial charge in [-0.3, -0.25) is 9.78 Å². The van der Waals surface area contributed by atoms with Crippen LogP contribution in [0.15, 0.2) is 37.3 Å². The van der Waals surface area contributed by atoms with Crippen molar-refractivity contribution in [3.8, 4) is 5.82 Å². The molecule has 0 radical (unpaired) electrons. The summed E-state index contributed by atoms with van der Waals surface area (Å²) in [6.07, 6.45) is 10.1. The average molecular weight is 204 g/mol. The monoisotopic (exact) mass is 204 g/mol. The maximum Gasteiger partial charge on any atom is 0.259 e. The number of carbonyl (C=O) groups is 1. The molecule has 0 unspecified atom stereocenters. The maximum atomic E-state index is 10.7. The smallest absolute Gasteiger partial charge is 0.259 e. The second-order valence-corrected chi connectivity index (χ2v) is 3.02. The van der Waals surface area contributed by atoms with Crippen LogP contribution in [0.5, 0.6) is 0 Å². The molecule has 1 amide bonds. The van der Waals surface area contributed by atoms with Gasteiger partial charge in [-0.2, -0.15) is 4.57 Å². The van der Waals surface area contributed by atoms with Crippen molar-refractivity contribution in [3.63, 3.8) is 0 Å². The van der Waals surface area contributed by atoms with Crippen LogP contribution in [0, 0.1) is 0 Å². The van der Waals surface area contributed by atoms with E-state index in [0.29, 0.717) is 5.82 Å². The molecule has 6 nitrogen and oxygen atoms in total. The standard InChI is InChI=1S/C9H9N5O/c10-8(15)6-13-3-4-14(7-13)9-5-11-1-2-12-9/h1-5,7H,6H2,(H-,10,15)/p+1. The van der Waals surface area contributed by atoms with Gasteiger partial charge in [0.2, 0.25) is 5.82 Å². The lowest BCUT2D eigenvalue weighted by atomic mass is 10.6. The second-order valence-electron chi connectivity index (χ2n) is 3.02. The lowest BCUT2D eigenvalue weighted by Gasteiger charge is -1.91. The molecule has 6 heteroatoms. The second kappa shape index (κ2) is 3.87. The molecule has 0 aromatic carbocycles. The Morgan fingerprint density at radius 3 is 3.07 bits per heavy atom. The fraction of sp³-hybridized carbons (Fsp3) is 0.111. The third kappa shape index (κ3) is 2.16. The van der Waals surface area contributed by atoms with Gasteiger partial charge in [-0.25, -0.2) is 9.55 Å². The fourth-order valence-corrected chi connectivity index (χ4v) is 1.23. The summed E-state index contributed by atoms with van der Waals surface area (Å²) in [5.41, 5.74) is 5.08. The van der Waals surface area contributed by atoms with E-state index in [-0.39, 0.29) is 12.5 Å². The SMILES string of the molecule is NC(=O)C[n+]1ccn(-c2cnccn2)c1. The molecular weight excluding hydrogens is 194 g/mol. The highest BCUT2D eigenvalue weighted by atomic mass is 16.1. The van der Waals surface area contributed by atoms with Crippen LogP contribution in [0.4, 0.5) is 0 Å². The summed E-state index contributed by atoms with van der Waals surface area (Å²) in [6, 6.07) is 0. The van der Waals surface area contributed by atoms with Gasteiger partial charge in [-0.15, -0.1) is 0 Å². The molecular formula is C9H10N5O+. The van der Waals surface area contributed by atoms with Crippen molar-refractivity contribution >= 4 is 5.91 Å². The van der Waals surface area contributed by atoms with E-state index in [1.54, 1.807) is 46.4 Å². The van der Waals surface area contributed by atoms with Crippen molar-refractivity contribution < 1.29 is 9.36 Å². The van der Waals surface area contributed by atoms with Crippen LogP contribution in [0.3, 0.4) is 0 Å². The van der Waals surface area contributed by atoms with Crippen LogP contribution in [0.1, 0.15) is 0 Å². The van der Waals surface area contributed by atoms with Gasteiger partial charge in [0, 0.05) is 12.4 Å². The molecule has 2 N–H and O–H groups in total. The van der Waals surface area contributed by atoms with E-state index in [0.717, 1.165) is 0 Å². The van der Waals surface area contributed by atoms with Gasteiger partial charge in [0.25, 0.3) is 12.2 Å². The molecule has 0 saturated heterocycles. The first-order valence-corrected chi connectivity index (χ1v) is 4.37. The van der Waals surface area contributed by atoms with Crippen LogP contribution in [-0.2, 0) is 11.3 Å². The first-order chi connectivity index (χ1) is 7.25. The van der Waals surface area contributed by atoms with Gasteiger partial charge in [0.1, 0.15) is 12.4 Å². The number of nitrogens with two attached hydrogens (primary N) is 1. The Bertz CT molecular complexity index is 464. The Morgan fingerprint density at radius 1 is 1.53 bits per heavy atom. The van der Waals surface area contributed by atoms with Gasteiger partial charge in [-0.05, 0) is 0 Å². The van der Waals surface area contributed by atoms with Crippen LogP contribution < -0.4 is 10.3 Å². The zero-order valence-corrected chi connectivity index (χ0v) is 7.95. The minimum Gasteiger partial charge on any atom is -0.366 e. The Hall–Kier alpha value is -2.24. The summed E-state index contributed by atoms with van der Waals surface area (Å²) in [5, 5.41) is 0. The zero-order valence-electron chi connectivity index (χ0n) is 7.95. The topological polar surface area (TPSA) is 77.7 Å². The van der Waals surface area contributed by atoms with Crippen LogP contribution in [-0.4, -0.2) is 20.4 Å². The number of imidazole rings is 1. The van der Waals surface area contributed by atoms with Crippen molar-refractivity contribution in [2.24, 2.45) is 5.73 Å². The molecule has 0 aliphatic carbocycles. The molecule has 0 bridgehead atoms. The highest BCUT2D eigenvalue weighted by Gasteiger charge is 2.08. The molecule has 2 aromatic heterocycles. The molecule has 76 valence electrons. The summed E-state index contributed by atoms with van der Waals surface area (Å²) in [7, 11) is 0. The number of hydrogen-bond donors (Lipinski definition) is 1. The van der Waals surface area contributed by atoms with Gasteiger partial charge in [-0.1, -0.05) is 0 Å². The number of primary amides is 1. The van der Waals surface area contributed by atoms with E-state index in [2.05, 4.69) is 9.97 Å². The summed E-state index contributed by atoms with van der Waals surface area (Å²) in [5.74, 6) is 0.317. The predicted molar refractivity (Wildman–Crippen MR) is 50.7 cm³/mol. The largest absolute Gasteiger partial charge is 0.366 e. The van der Waals surface area contributed by atoms with Gasteiger partial charge < -0.3 is 5.73 Å². The average Bonchev–Trinajstić information content (AvgIpc) is 2.67. The Morgan fingerprint density at radius 2 is 2.40 bits per heavy atom. The lowest BCUT2D eigenvalue weighted by Crippen LogP contribution is -2.38. The number of rotatable bonds is 3. The van der Waals surface area contributed by atoms with E-state index < -0.39 is 0 Å². The maximum absolute atomic E-state index is 10.7. The van der Waals surface area contributed by atoms with E-state index in [9.17, 15) is 4.79 Å². The number of hydrogen-bond acceptors (Lipinski definition) is 3. The van der Waals surface area contributed by atoms with Crippen molar-refractivity contribution in [3.05, 3.63) is 37.3 Å². The number of carbonyl (C=O) groups excluding carboxylic acids is 1. The lowest BCUT2D eigenvalue weighted by molar-refractivity contribution is -0.683. The van der Waals surface area contributed by atoms with Gasteiger partial charge in [0.05, 0.1) is 6.20 Å². The fourth-order valence-electron chi connectivity index (χ4n) is 1.23. The van der Waals surface area contributed by atoms with E-state index in [1.165, 1.54) is 0 Å². The summed E-state index contributed by atoms with van der Waals surface area (Å²) in [4.78, 5) is 18.7. The van der Waals surface area contributed by atoms with Gasteiger partial charge in [0.15, 0.2) is 6.54 Å². The molecule has 0 saturated carbocycles. The zero-order chi connectivity index (χ0) is 10.7. The van der Waals surface area contributed by atoms with Gasteiger partial charge >= 0.3 is 0 Å². The molecule has 2 aromatic rings. The summed E-state index contributed by atoms with van der Waals surface area (Å²) in [6.45, 7) is 0.160. The van der Waals surface area contributed by atoms with Crippen molar-refractivity contribution in [2.45, 2.75) is 6.54 Å². The van der Waals surface area contributed by atoms with E-state index in [4.69, 9.17) is 5.73 Å². The van der Waals surface area contributed by atoms with Crippen molar-refractivity contribution in [1.29, 1.82) is 0 Å². The molecule has 0 aliphatic rings. The number of nitrogens with zero attached hydrogens (tertiary/aromatic N) is 4. The van der Waals surface area contributed by atoms with Crippen LogP contribution in [0.2, 0.25) is 0 Å². The van der Waals surface area contributed by atoms with E-state index in [1.807, 2.05) is 0 Å². The summed E-state index contributed by atoms with van der Waals surface area (Å²) >= 11 is 0. The molecule has 15 heavy (non-hydrogen) atoms. The molecule has 0 spiro atoms. The Kier molecular flexibility index (Phi) is 2.40. The third-order valence-electron chi connectivity index (χ3n) is 1.84. The molecule has 0 atom stereocenters. The first kappa shape index (κ1) is 9.32. The third-order valence-corrected chi connectivity index (χ3v) is 1.84. The number of amides is 1. The normalized spacial score (nSPS) is 10.1. The molecule has 0 aliphatic heterocycles. The Labute approximate surface area is 86.0 Å². The highest BCUT2D eigenvalue weighted by molar-refractivity contribution is 5.72. The van der Waals surface area contributed by atoms with Crippen LogP contribution >= 0.6 is 0 Å². The highest BCUT2D eigenvalue weighted by Crippen LogP contribution is 1.97. The molecule has 0 fully saturated rings. The minimum absolute atomic E-state index is 0.160. The quantitative estimate of drug-likeness (QED) is 0.654. The Balaban J connectivity index is 2.24. The van der Waals surface area contributed by atoms with Crippen molar-refractivity contribution in [2.75, 3.05) is 0 Å². The molecule has 2 rings (SSSR count).